The van der Waals surface area contributed by atoms with Crippen LogP contribution in [-0.2, 0) is 0 Å². The van der Waals surface area contributed by atoms with Crippen molar-refractivity contribution >= 4 is 27.4 Å². The summed E-state index contributed by atoms with van der Waals surface area (Å²) in [5.41, 5.74) is 6.03. The molecule has 5 rings (SSSR count). The number of anilines is 1. The molecule has 2 atom stereocenters. The summed E-state index contributed by atoms with van der Waals surface area (Å²) in [6.07, 6.45) is 2.46. The Morgan fingerprint density at radius 3 is 3.00 bits per heavy atom. The highest BCUT2D eigenvalue weighted by atomic mass is 32.1. The van der Waals surface area contributed by atoms with Gasteiger partial charge in [-0.1, -0.05) is 18.2 Å². The monoisotopic (exact) mass is 459 g/mol. The van der Waals surface area contributed by atoms with Crippen LogP contribution in [0.2, 0.25) is 0 Å². The van der Waals surface area contributed by atoms with Crippen LogP contribution in [0.15, 0.2) is 54.0 Å². The van der Waals surface area contributed by atoms with E-state index in [9.17, 15) is 0 Å². The van der Waals surface area contributed by atoms with E-state index in [4.69, 9.17) is 4.74 Å². The maximum Gasteiger partial charge on any atom is 0.130 e. The molecule has 0 amide bonds. The van der Waals surface area contributed by atoms with Gasteiger partial charge in [0, 0.05) is 24.1 Å². The van der Waals surface area contributed by atoms with E-state index in [0.717, 1.165) is 64.1 Å². The van der Waals surface area contributed by atoms with Gasteiger partial charge in [-0.3, -0.25) is 0 Å². The van der Waals surface area contributed by atoms with Crippen molar-refractivity contribution in [3.05, 3.63) is 65.4 Å². The fraction of sp³-hybridized carbons (Fsp3) is 0.346. The smallest absolute Gasteiger partial charge is 0.130 e. The first kappa shape index (κ1) is 21.8. The quantitative estimate of drug-likeness (QED) is 0.374. The molecule has 2 unspecified atom stereocenters. The normalized spacial score (nSPS) is 17.1. The minimum absolute atomic E-state index is 0.0797. The second-order valence-corrected chi connectivity index (χ2v) is 9.57. The number of thiazole rings is 1. The second kappa shape index (κ2) is 9.85. The molecule has 1 saturated heterocycles. The first-order valence-corrected chi connectivity index (χ1v) is 12.4. The summed E-state index contributed by atoms with van der Waals surface area (Å²) >= 11 is 1.64. The van der Waals surface area contributed by atoms with E-state index in [1.165, 1.54) is 12.8 Å². The molecule has 1 aliphatic heterocycles. The van der Waals surface area contributed by atoms with Crippen molar-refractivity contribution < 1.29 is 4.74 Å². The van der Waals surface area contributed by atoms with Crippen molar-refractivity contribution in [2.24, 2.45) is 5.92 Å². The molecule has 1 fully saturated rings. The first-order chi connectivity index (χ1) is 16.1. The highest BCUT2D eigenvalue weighted by Crippen LogP contribution is 2.28. The van der Waals surface area contributed by atoms with E-state index >= 15 is 0 Å². The molecule has 2 N–H and O–H groups in total. The summed E-state index contributed by atoms with van der Waals surface area (Å²) < 4.78 is 7.27. The van der Waals surface area contributed by atoms with Crippen molar-refractivity contribution in [1.29, 1.82) is 0 Å². The van der Waals surface area contributed by atoms with E-state index < -0.39 is 0 Å². The van der Waals surface area contributed by atoms with Gasteiger partial charge < -0.3 is 15.4 Å². The van der Waals surface area contributed by atoms with Crippen LogP contribution in [0.25, 0.3) is 21.5 Å². The van der Waals surface area contributed by atoms with Crippen LogP contribution in [0, 0.1) is 12.8 Å². The second-order valence-electron chi connectivity index (χ2n) is 8.68. The number of ether oxygens (including phenoxy) is 1. The number of benzene rings is 2. The predicted molar refractivity (Wildman–Crippen MR) is 135 cm³/mol. The summed E-state index contributed by atoms with van der Waals surface area (Å²) in [7, 11) is 0. The molecule has 170 valence electrons. The van der Waals surface area contributed by atoms with Crippen molar-refractivity contribution in [2.45, 2.75) is 32.7 Å². The number of aromatic nitrogens is 3. The summed E-state index contributed by atoms with van der Waals surface area (Å²) in [6.45, 7) is 7.00. The fourth-order valence-corrected chi connectivity index (χ4v) is 4.98. The molecule has 7 heteroatoms. The molecule has 33 heavy (non-hydrogen) atoms. The van der Waals surface area contributed by atoms with E-state index in [1.807, 2.05) is 30.6 Å². The molecule has 1 aliphatic rings. The number of piperidine rings is 1. The molecular formula is C26H29N5OS. The van der Waals surface area contributed by atoms with Gasteiger partial charge in [0.05, 0.1) is 34.1 Å². The number of fused-ring (bicyclic) bond motifs is 1. The molecule has 0 spiro atoms. The average molecular weight is 460 g/mol. The lowest BCUT2D eigenvalue weighted by Crippen LogP contribution is -2.33. The highest BCUT2D eigenvalue weighted by molar-refractivity contribution is 7.16. The molecule has 4 aromatic rings. The maximum atomic E-state index is 6.11. The molecular weight excluding hydrogens is 430 g/mol. The zero-order valence-corrected chi connectivity index (χ0v) is 19.9. The Hall–Kier alpha value is -3.03. The van der Waals surface area contributed by atoms with Crippen LogP contribution in [0.4, 0.5) is 5.82 Å². The summed E-state index contributed by atoms with van der Waals surface area (Å²) in [4.78, 5) is 13.7. The highest BCUT2D eigenvalue weighted by Gasteiger charge is 2.15. The van der Waals surface area contributed by atoms with Gasteiger partial charge in [-0.25, -0.2) is 15.0 Å². The Kier molecular flexibility index (Phi) is 6.51. The number of hydrogen-bond donors (Lipinski definition) is 2. The third-order valence-corrected chi connectivity index (χ3v) is 6.86. The molecule has 0 radical (unpaired) electrons. The summed E-state index contributed by atoms with van der Waals surface area (Å²) in [5.74, 6) is 3.06. The van der Waals surface area contributed by atoms with Gasteiger partial charge in [0.25, 0.3) is 0 Å². The third kappa shape index (κ3) is 5.31. The van der Waals surface area contributed by atoms with Gasteiger partial charge in [0.15, 0.2) is 0 Å². The van der Waals surface area contributed by atoms with E-state index in [0.29, 0.717) is 5.92 Å². The lowest BCUT2D eigenvalue weighted by atomic mass is 10.0. The lowest BCUT2D eigenvalue weighted by Gasteiger charge is -2.23. The Bertz CT molecular complexity index is 1230. The van der Waals surface area contributed by atoms with Gasteiger partial charge in [-0.2, -0.15) is 0 Å². The summed E-state index contributed by atoms with van der Waals surface area (Å²) in [6, 6.07) is 16.7. The molecule has 0 aliphatic carbocycles. The summed E-state index contributed by atoms with van der Waals surface area (Å²) in [5, 5.41) is 7.00. The van der Waals surface area contributed by atoms with E-state index in [-0.39, 0.29) is 6.04 Å². The van der Waals surface area contributed by atoms with Crippen molar-refractivity contribution in [3.8, 4) is 17.0 Å². The molecule has 0 bridgehead atoms. The molecule has 2 aromatic carbocycles. The predicted octanol–water partition coefficient (Wildman–Crippen LogP) is 5.61. The number of hydrogen-bond acceptors (Lipinski definition) is 7. The zero-order valence-electron chi connectivity index (χ0n) is 19.0. The van der Waals surface area contributed by atoms with Crippen LogP contribution in [0.3, 0.4) is 0 Å². The molecule has 3 heterocycles. The largest absolute Gasteiger partial charge is 0.493 e. The first-order valence-electron chi connectivity index (χ1n) is 11.5. The zero-order chi connectivity index (χ0) is 22.6. The van der Waals surface area contributed by atoms with E-state index in [2.05, 4.69) is 62.8 Å². The Morgan fingerprint density at radius 2 is 2.12 bits per heavy atom. The lowest BCUT2D eigenvalue weighted by molar-refractivity contribution is 0.218. The van der Waals surface area contributed by atoms with Crippen LogP contribution in [0.5, 0.6) is 5.75 Å². The Morgan fingerprint density at radius 1 is 1.18 bits per heavy atom. The molecule has 2 aromatic heterocycles. The number of nitrogens with zero attached hydrogens (tertiary/aromatic N) is 3. The van der Waals surface area contributed by atoms with Crippen molar-refractivity contribution in [3.63, 3.8) is 0 Å². The SMILES string of the molecule is Cc1nc(NC(C)c2cccc(OCC3CCCNC3)c2)cc(-c2ccc3ncsc3c2)n1. The Labute approximate surface area is 198 Å². The number of nitrogens with one attached hydrogen (secondary N) is 2. The van der Waals surface area contributed by atoms with Gasteiger partial charge >= 0.3 is 0 Å². The maximum absolute atomic E-state index is 6.11. The van der Waals surface area contributed by atoms with Gasteiger partial charge in [0.2, 0.25) is 0 Å². The van der Waals surface area contributed by atoms with Gasteiger partial charge in [-0.05, 0) is 63.1 Å². The van der Waals surface area contributed by atoms with Crippen LogP contribution in [0.1, 0.15) is 37.2 Å². The van der Waals surface area contributed by atoms with Crippen molar-refractivity contribution in [2.75, 3.05) is 25.0 Å². The minimum Gasteiger partial charge on any atom is -0.493 e. The third-order valence-electron chi connectivity index (χ3n) is 6.07. The van der Waals surface area contributed by atoms with Crippen LogP contribution >= 0.6 is 11.3 Å². The molecule has 0 saturated carbocycles. The topological polar surface area (TPSA) is 72.0 Å². The van der Waals surface area contributed by atoms with Gasteiger partial charge in [0.1, 0.15) is 17.4 Å². The number of aryl methyl sites for hydroxylation is 1. The van der Waals surface area contributed by atoms with Gasteiger partial charge in [-0.15, -0.1) is 11.3 Å². The van der Waals surface area contributed by atoms with E-state index in [1.54, 1.807) is 11.3 Å². The average Bonchev–Trinajstić information content (AvgIpc) is 3.31. The van der Waals surface area contributed by atoms with Crippen LogP contribution in [-0.4, -0.2) is 34.6 Å². The standard InChI is InChI=1S/C26H29N5OS/c1-17(20-6-3-7-22(11-20)32-15-19-5-4-10-27-14-19)29-26-13-24(30-18(2)31-26)21-8-9-23-25(12-21)33-16-28-23/h3,6-9,11-13,16-17,19,27H,4-5,10,14-15H2,1-2H3,(H,29,30,31). The minimum atomic E-state index is 0.0797. The Balaban J connectivity index is 1.29. The van der Waals surface area contributed by atoms with Crippen LogP contribution < -0.4 is 15.4 Å². The molecule has 6 nitrogen and oxygen atoms in total. The fourth-order valence-electron chi connectivity index (χ4n) is 4.26. The van der Waals surface area contributed by atoms with Crippen molar-refractivity contribution in [1.82, 2.24) is 20.3 Å². The number of rotatable bonds is 7.